The first kappa shape index (κ1) is 16.4. The topological polar surface area (TPSA) is 84.1 Å². The molecule has 0 radical (unpaired) electrons. The first-order valence-corrected chi connectivity index (χ1v) is 7.50. The van der Waals surface area contributed by atoms with E-state index in [2.05, 4.69) is 15.3 Å². The van der Waals surface area contributed by atoms with E-state index in [1.807, 2.05) is 0 Å². The summed E-state index contributed by atoms with van der Waals surface area (Å²) in [5.41, 5.74) is 8.00. The summed E-state index contributed by atoms with van der Waals surface area (Å²) in [6, 6.07) is 11.0. The van der Waals surface area contributed by atoms with Crippen LogP contribution in [0, 0.1) is 5.82 Å². The van der Waals surface area contributed by atoms with E-state index < -0.39 is 5.82 Å². The predicted molar refractivity (Wildman–Crippen MR) is 95.3 cm³/mol. The fourth-order valence-corrected chi connectivity index (χ4v) is 2.33. The first-order valence-electron chi connectivity index (χ1n) is 7.50. The zero-order valence-corrected chi connectivity index (χ0v) is 13.5. The van der Waals surface area contributed by atoms with Gasteiger partial charge in [0.1, 0.15) is 12.1 Å². The predicted octanol–water partition coefficient (Wildman–Crippen LogP) is 3.22. The van der Waals surface area contributed by atoms with Gasteiger partial charge in [0.15, 0.2) is 0 Å². The van der Waals surface area contributed by atoms with Crippen molar-refractivity contribution < 1.29 is 9.18 Å². The Balaban J connectivity index is 1.85. The lowest BCUT2D eigenvalue weighted by atomic mass is 10.2. The third kappa shape index (κ3) is 3.72. The molecular formula is C18H16FN5O. The van der Waals surface area contributed by atoms with Crippen LogP contribution >= 0.6 is 0 Å². The minimum absolute atomic E-state index is 0.292. The normalized spacial score (nSPS) is 10.3. The molecule has 3 aromatic rings. The molecule has 0 saturated carbocycles. The van der Waals surface area contributed by atoms with Crippen LogP contribution in [0.4, 0.5) is 27.1 Å². The highest BCUT2D eigenvalue weighted by molar-refractivity contribution is 6.05. The Bertz CT molecular complexity index is 901. The zero-order chi connectivity index (χ0) is 17.8. The van der Waals surface area contributed by atoms with Gasteiger partial charge < -0.3 is 16.0 Å². The van der Waals surface area contributed by atoms with Crippen molar-refractivity contribution in [1.29, 1.82) is 0 Å². The standard InChI is InChI=1S/C18H16FN5O/c1-24(15-9-21-11-22-10-15)17-8-14(5-6-16(17)19)23-18(25)12-3-2-4-13(20)7-12/h2-11H,20H2,1H3,(H,23,25). The number of aromatic nitrogens is 2. The van der Waals surface area contributed by atoms with E-state index in [1.165, 1.54) is 18.5 Å². The van der Waals surface area contributed by atoms with Gasteiger partial charge in [-0.05, 0) is 36.4 Å². The zero-order valence-electron chi connectivity index (χ0n) is 13.5. The van der Waals surface area contributed by atoms with E-state index in [0.717, 1.165) is 0 Å². The van der Waals surface area contributed by atoms with Gasteiger partial charge in [0.2, 0.25) is 0 Å². The molecule has 3 rings (SSSR count). The fraction of sp³-hybridized carbons (Fsp3) is 0.0556. The van der Waals surface area contributed by atoms with Gasteiger partial charge in [0, 0.05) is 24.0 Å². The molecule has 0 saturated heterocycles. The Morgan fingerprint density at radius 3 is 2.64 bits per heavy atom. The second-order valence-corrected chi connectivity index (χ2v) is 5.40. The molecule has 1 heterocycles. The lowest BCUT2D eigenvalue weighted by Gasteiger charge is -2.20. The molecule has 1 amide bonds. The van der Waals surface area contributed by atoms with Crippen LogP contribution in [0.25, 0.3) is 0 Å². The van der Waals surface area contributed by atoms with Crippen LogP contribution in [-0.2, 0) is 0 Å². The van der Waals surface area contributed by atoms with Crippen LogP contribution in [0.3, 0.4) is 0 Å². The smallest absolute Gasteiger partial charge is 0.255 e. The van der Waals surface area contributed by atoms with Crippen LogP contribution in [0.15, 0.2) is 61.2 Å². The van der Waals surface area contributed by atoms with Gasteiger partial charge >= 0.3 is 0 Å². The summed E-state index contributed by atoms with van der Waals surface area (Å²) in [6.45, 7) is 0. The molecule has 0 atom stereocenters. The number of nitrogens with zero attached hydrogens (tertiary/aromatic N) is 3. The number of hydrogen-bond donors (Lipinski definition) is 2. The van der Waals surface area contributed by atoms with Crippen molar-refractivity contribution in [3.8, 4) is 0 Å². The third-order valence-corrected chi connectivity index (χ3v) is 3.65. The molecular weight excluding hydrogens is 321 g/mol. The lowest BCUT2D eigenvalue weighted by Crippen LogP contribution is -2.15. The Labute approximate surface area is 144 Å². The summed E-state index contributed by atoms with van der Waals surface area (Å²) in [7, 11) is 1.70. The number of amides is 1. The molecule has 0 aliphatic rings. The minimum atomic E-state index is -0.423. The largest absolute Gasteiger partial charge is 0.399 e. The summed E-state index contributed by atoms with van der Waals surface area (Å²) in [5.74, 6) is -0.746. The van der Waals surface area contributed by atoms with Crippen LogP contribution < -0.4 is 16.0 Å². The summed E-state index contributed by atoms with van der Waals surface area (Å²) in [4.78, 5) is 21.8. The monoisotopic (exact) mass is 337 g/mol. The molecule has 0 unspecified atom stereocenters. The van der Waals surface area contributed by atoms with Gasteiger partial charge in [0.25, 0.3) is 5.91 Å². The number of hydrogen-bond acceptors (Lipinski definition) is 5. The van der Waals surface area contributed by atoms with E-state index in [9.17, 15) is 9.18 Å². The Morgan fingerprint density at radius 1 is 1.16 bits per heavy atom. The molecule has 2 aromatic carbocycles. The second-order valence-electron chi connectivity index (χ2n) is 5.40. The van der Waals surface area contributed by atoms with Crippen molar-refractivity contribution in [2.75, 3.05) is 23.0 Å². The van der Waals surface area contributed by atoms with Crippen LogP contribution in [0.1, 0.15) is 10.4 Å². The molecule has 7 heteroatoms. The van der Waals surface area contributed by atoms with Crippen molar-refractivity contribution in [2.24, 2.45) is 0 Å². The van der Waals surface area contributed by atoms with Crippen LogP contribution in [0.5, 0.6) is 0 Å². The Hall–Kier alpha value is -3.48. The molecule has 0 fully saturated rings. The van der Waals surface area contributed by atoms with Gasteiger partial charge in [-0.3, -0.25) is 4.79 Å². The first-order chi connectivity index (χ1) is 12.0. The SMILES string of the molecule is CN(c1cncnc1)c1cc(NC(=O)c2cccc(N)c2)ccc1F. The number of nitrogen functional groups attached to an aromatic ring is 1. The number of rotatable bonds is 4. The average molecular weight is 337 g/mol. The number of anilines is 4. The van der Waals surface area contributed by atoms with Crippen molar-refractivity contribution >= 4 is 28.7 Å². The number of carbonyl (C=O) groups excluding carboxylic acids is 1. The molecule has 126 valence electrons. The molecule has 0 aliphatic heterocycles. The molecule has 0 spiro atoms. The summed E-state index contributed by atoms with van der Waals surface area (Å²) >= 11 is 0. The molecule has 6 nitrogen and oxygen atoms in total. The molecule has 1 aromatic heterocycles. The van der Waals surface area contributed by atoms with E-state index in [4.69, 9.17) is 5.73 Å². The van der Waals surface area contributed by atoms with Crippen LogP contribution in [0.2, 0.25) is 0 Å². The molecule has 3 N–H and O–H groups in total. The number of halogens is 1. The average Bonchev–Trinajstić information content (AvgIpc) is 2.63. The maximum atomic E-state index is 14.2. The Kier molecular flexibility index (Phi) is 4.56. The van der Waals surface area contributed by atoms with E-state index in [-0.39, 0.29) is 5.91 Å². The minimum Gasteiger partial charge on any atom is -0.399 e. The summed E-state index contributed by atoms with van der Waals surface area (Å²) in [6.07, 6.45) is 4.55. The van der Waals surface area contributed by atoms with Crippen LogP contribution in [-0.4, -0.2) is 22.9 Å². The molecule has 0 bridgehead atoms. The summed E-state index contributed by atoms with van der Waals surface area (Å²) in [5, 5.41) is 2.74. The van der Waals surface area contributed by atoms with E-state index in [1.54, 1.807) is 54.7 Å². The number of benzene rings is 2. The number of nitrogens with one attached hydrogen (secondary N) is 1. The maximum absolute atomic E-state index is 14.2. The molecule has 0 aliphatic carbocycles. The van der Waals surface area contributed by atoms with E-state index in [0.29, 0.717) is 28.3 Å². The van der Waals surface area contributed by atoms with Gasteiger partial charge in [-0.15, -0.1) is 0 Å². The van der Waals surface area contributed by atoms with E-state index >= 15 is 0 Å². The lowest BCUT2D eigenvalue weighted by molar-refractivity contribution is 0.102. The van der Waals surface area contributed by atoms with Crippen molar-refractivity contribution in [3.63, 3.8) is 0 Å². The van der Waals surface area contributed by atoms with Gasteiger partial charge in [-0.1, -0.05) is 6.07 Å². The van der Waals surface area contributed by atoms with Crippen molar-refractivity contribution in [3.05, 3.63) is 72.6 Å². The maximum Gasteiger partial charge on any atom is 0.255 e. The van der Waals surface area contributed by atoms with Gasteiger partial charge in [-0.2, -0.15) is 0 Å². The van der Waals surface area contributed by atoms with Gasteiger partial charge in [-0.25, -0.2) is 14.4 Å². The number of carbonyl (C=O) groups is 1. The number of nitrogens with two attached hydrogens (primary N) is 1. The van der Waals surface area contributed by atoms with Crippen molar-refractivity contribution in [1.82, 2.24) is 9.97 Å². The summed E-state index contributed by atoms with van der Waals surface area (Å²) < 4.78 is 14.2. The highest BCUT2D eigenvalue weighted by Crippen LogP contribution is 2.28. The van der Waals surface area contributed by atoms with Gasteiger partial charge in [0.05, 0.1) is 23.8 Å². The van der Waals surface area contributed by atoms with Crippen molar-refractivity contribution in [2.45, 2.75) is 0 Å². The second kappa shape index (κ2) is 6.96. The highest BCUT2D eigenvalue weighted by atomic mass is 19.1. The Morgan fingerprint density at radius 2 is 1.92 bits per heavy atom. The fourth-order valence-electron chi connectivity index (χ4n) is 2.33. The highest BCUT2D eigenvalue weighted by Gasteiger charge is 2.13. The third-order valence-electron chi connectivity index (χ3n) is 3.65. The molecule has 25 heavy (non-hydrogen) atoms. The quantitative estimate of drug-likeness (QED) is 0.714.